The molecule has 3 nitrogen and oxygen atoms in total. The molecule has 0 aliphatic carbocycles. The van der Waals surface area contributed by atoms with Crippen molar-refractivity contribution in [3.05, 3.63) is 30.1 Å². The van der Waals surface area contributed by atoms with Crippen molar-refractivity contribution < 1.29 is 0 Å². The van der Waals surface area contributed by atoms with Crippen molar-refractivity contribution in [3.8, 4) is 6.07 Å². The van der Waals surface area contributed by atoms with Crippen LogP contribution in [0.15, 0.2) is 24.5 Å². The molecule has 3 heteroatoms. The van der Waals surface area contributed by atoms with Gasteiger partial charge in [-0.15, -0.1) is 0 Å². The van der Waals surface area contributed by atoms with Gasteiger partial charge in [-0.2, -0.15) is 5.26 Å². The van der Waals surface area contributed by atoms with E-state index >= 15 is 0 Å². The Bertz CT molecular complexity index is 302. The van der Waals surface area contributed by atoms with Gasteiger partial charge in [-0.25, -0.2) is 0 Å². The zero-order valence-corrected chi connectivity index (χ0v) is 9.11. The van der Waals surface area contributed by atoms with E-state index in [-0.39, 0.29) is 6.04 Å². The smallest absolute Gasteiger partial charge is 0.122 e. The van der Waals surface area contributed by atoms with Crippen molar-refractivity contribution in [2.24, 2.45) is 0 Å². The second-order valence-corrected chi connectivity index (χ2v) is 3.51. The first kappa shape index (κ1) is 11.7. The Labute approximate surface area is 91.1 Å². The molecule has 80 valence electrons. The van der Waals surface area contributed by atoms with E-state index in [2.05, 4.69) is 23.3 Å². The van der Waals surface area contributed by atoms with Crippen LogP contribution < -0.4 is 5.32 Å². The summed E-state index contributed by atoms with van der Waals surface area (Å²) in [6.07, 6.45) is 6.98. The van der Waals surface area contributed by atoms with E-state index in [0.717, 1.165) is 18.5 Å². The Morgan fingerprint density at radius 2 is 2.40 bits per heavy atom. The third-order valence-electron chi connectivity index (χ3n) is 2.28. The number of rotatable bonds is 6. The minimum Gasteiger partial charge on any atom is -0.298 e. The van der Waals surface area contributed by atoms with Gasteiger partial charge in [0.2, 0.25) is 0 Å². The Morgan fingerprint density at radius 1 is 1.53 bits per heavy atom. The van der Waals surface area contributed by atoms with E-state index in [1.54, 1.807) is 12.4 Å². The van der Waals surface area contributed by atoms with Crippen LogP contribution in [-0.2, 0) is 0 Å². The highest BCUT2D eigenvalue weighted by atomic mass is 14.9. The number of nitrogens with zero attached hydrogens (tertiary/aromatic N) is 2. The van der Waals surface area contributed by atoms with Gasteiger partial charge in [-0.3, -0.25) is 10.3 Å². The molecular formula is C12H17N3. The SMILES string of the molecule is CCCCCNC(C#N)c1cccnc1. The number of nitriles is 1. The maximum atomic E-state index is 9.00. The van der Waals surface area contributed by atoms with Gasteiger partial charge in [0.05, 0.1) is 6.07 Å². The molecule has 0 radical (unpaired) electrons. The van der Waals surface area contributed by atoms with Crippen molar-refractivity contribution in [1.29, 1.82) is 5.26 Å². The topological polar surface area (TPSA) is 48.7 Å². The van der Waals surface area contributed by atoms with Crippen LogP contribution >= 0.6 is 0 Å². The first-order chi connectivity index (χ1) is 7.38. The summed E-state index contributed by atoms with van der Waals surface area (Å²) in [5, 5.41) is 12.2. The van der Waals surface area contributed by atoms with E-state index in [0.29, 0.717) is 0 Å². The molecule has 1 aromatic rings. The molecule has 15 heavy (non-hydrogen) atoms. The highest BCUT2D eigenvalue weighted by Crippen LogP contribution is 2.09. The monoisotopic (exact) mass is 203 g/mol. The number of hydrogen-bond donors (Lipinski definition) is 1. The average Bonchev–Trinajstić information content (AvgIpc) is 2.30. The lowest BCUT2D eigenvalue weighted by atomic mass is 10.1. The number of hydrogen-bond acceptors (Lipinski definition) is 3. The summed E-state index contributed by atoms with van der Waals surface area (Å²) < 4.78 is 0. The van der Waals surface area contributed by atoms with Crippen molar-refractivity contribution in [2.45, 2.75) is 32.2 Å². The van der Waals surface area contributed by atoms with E-state index in [1.807, 2.05) is 12.1 Å². The molecule has 1 aromatic heterocycles. The van der Waals surface area contributed by atoms with Crippen LogP contribution in [0.5, 0.6) is 0 Å². The lowest BCUT2D eigenvalue weighted by Gasteiger charge is -2.10. The summed E-state index contributed by atoms with van der Waals surface area (Å²) in [6.45, 7) is 3.06. The largest absolute Gasteiger partial charge is 0.298 e. The third kappa shape index (κ3) is 4.09. The zero-order chi connectivity index (χ0) is 10.9. The second kappa shape index (κ2) is 6.97. The average molecular weight is 203 g/mol. The summed E-state index contributed by atoms with van der Waals surface area (Å²) in [5.74, 6) is 0. The third-order valence-corrected chi connectivity index (χ3v) is 2.28. The fourth-order valence-electron chi connectivity index (χ4n) is 1.41. The van der Waals surface area contributed by atoms with E-state index in [1.165, 1.54) is 12.8 Å². The normalized spacial score (nSPS) is 12.0. The Morgan fingerprint density at radius 3 is 3.00 bits per heavy atom. The quantitative estimate of drug-likeness (QED) is 0.722. The van der Waals surface area contributed by atoms with Crippen LogP contribution in [0.3, 0.4) is 0 Å². The molecule has 0 saturated heterocycles. The van der Waals surface area contributed by atoms with E-state index in [9.17, 15) is 0 Å². The lowest BCUT2D eigenvalue weighted by molar-refractivity contribution is 0.580. The molecule has 1 unspecified atom stereocenters. The molecule has 0 saturated carbocycles. The van der Waals surface area contributed by atoms with Crippen molar-refractivity contribution >= 4 is 0 Å². The summed E-state index contributed by atoms with van der Waals surface area (Å²) in [5.41, 5.74) is 0.941. The van der Waals surface area contributed by atoms with Gasteiger partial charge in [-0.05, 0) is 19.0 Å². The molecule has 1 rings (SSSR count). The Hall–Kier alpha value is -1.40. The van der Waals surface area contributed by atoms with Gasteiger partial charge in [-0.1, -0.05) is 25.8 Å². The van der Waals surface area contributed by atoms with Gasteiger partial charge < -0.3 is 0 Å². The van der Waals surface area contributed by atoms with Crippen LogP contribution in [-0.4, -0.2) is 11.5 Å². The molecular weight excluding hydrogens is 186 g/mol. The molecule has 0 fully saturated rings. The number of unbranched alkanes of at least 4 members (excludes halogenated alkanes) is 2. The molecule has 1 atom stereocenters. The van der Waals surface area contributed by atoms with Gasteiger partial charge in [0.15, 0.2) is 0 Å². The standard InChI is InChI=1S/C12H17N3/c1-2-3-4-8-15-12(9-13)11-6-5-7-14-10-11/h5-7,10,12,15H,2-4,8H2,1H3. The van der Waals surface area contributed by atoms with Crippen molar-refractivity contribution in [2.75, 3.05) is 6.54 Å². The van der Waals surface area contributed by atoms with Crippen LogP contribution in [0.1, 0.15) is 37.8 Å². The Kier molecular flexibility index (Phi) is 5.42. The summed E-state index contributed by atoms with van der Waals surface area (Å²) in [7, 11) is 0. The molecule has 1 N–H and O–H groups in total. The maximum Gasteiger partial charge on any atom is 0.122 e. The van der Waals surface area contributed by atoms with Crippen LogP contribution in [0.25, 0.3) is 0 Å². The summed E-state index contributed by atoms with van der Waals surface area (Å²) in [4.78, 5) is 4.01. The molecule has 0 aliphatic heterocycles. The van der Waals surface area contributed by atoms with Gasteiger partial charge >= 0.3 is 0 Å². The van der Waals surface area contributed by atoms with Crippen molar-refractivity contribution in [1.82, 2.24) is 10.3 Å². The number of aromatic nitrogens is 1. The fourth-order valence-corrected chi connectivity index (χ4v) is 1.41. The van der Waals surface area contributed by atoms with Gasteiger partial charge in [0, 0.05) is 18.0 Å². The highest BCUT2D eigenvalue weighted by Gasteiger charge is 2.08. The summed E-state index contributed by atoms with van der Waals surface area (Å²) >= 11 is 0. The van der Waals surface area contributed by atoms with Crippen LogP contribution in [0, 0.1) is 11.3 Å². The molecule has 0 aromatic carbocycles. The number of nitrogens with one attached hydrogen (secondary N) is 1. The van der Waals surface area contributed by atoms with Gasteiger partial charge in [0.25, 0.3) is 0 Å². The highest BCUT2D eigenvalue weighted by molar-refractivity contribution is 5.19. The van der Waals surface area contributed by atoms with E-state index < -0.39 is 0 Å². The fraction of sp³-hybridized carbons (Fsp3) is 0.500. The summed E-state index contributed by atoms with van der Waals surface area (Å²) in [6, 6.07) is 5.80. The minimum absolute atomic E-state index is 0.226. The van der Waals surface area contributed by atoms with E-state index in [4.69, 9.17) is 5.26 Å². The second-order valence-electron chi connectivity index (χ2n) is 3.51. The molecule has 0 amide bonds. The Balaban J connectivity index is 2.41. The van der Waals surface area contributed by atoms with Crippen LogP contribution in [0.2, 0.25) is 0 Å². The molecule has 0 bridgehead atoms. The lowest BCUT2D eigenvalue weighted by Crippen LogP contribution is -2.21. The first-order valence-corrected chi connectivity index (χ1v) is 5.41. The molecule has 0 aliphatic rings. The maximum absolute atomic E-state index is 9.00. The minimum atomic E-state index is -0.226. The van der Waals surface area contributed by atoms with Gasteiger partial charge in [0.1, 0.15) is 6.04 Å². The van der Waals surface area contributed by atoms with Crippen molar-refractivity contribution in [3.63, 3.8) is 0 Å². The predicted molar refractivity (Wildman–Crippen MR) is 60.1 cm³/mol. The predicted octanol–water partition coefficient (Wildman–Crippen LogP) is 2.43. The first-order valence-electron chi connectivity index (χ1n) is 5.41. The number of pyridine rings is 1. The molecule has 0 spiro atoms. The van der Waals surface area contributed by atoms with Crippen LogP contribution in [0.4, 0.5) is 0 Å². The molecule has 1 heterocycles. The zero-order valence-electron chi connectivity index (χ0n) is 9.11.